The molecule has 104 valence electrons. The molecule has 5 heteroatoms. The van der Waals surface area contributed by atoms with Crippen molar-refractivity contribution in [1.29, 1.82) is 0 Å². The molecule has 0 unspecified atom stereocenters. The summed E-state index contributed by atoms with van der Waals surface area (Å²) in [5.74, 6) is 0. The number of carbonyl (C=O) groups excluding carboxylic acids is 1. The predicted molar refractivity (Wildman–Crippen MR) is 74.1 cm³/mol. The summed E-state index contributed by atoms with van der Waals surface area (Å²) in [5, 5.41) is 6.52. The molecule has 3 rings (SSSR count). The number of carbonyl (C=O) groups is 1. The summed E-state index contributed by atoms with van der Waals surface area (Å²) in [7, 11) is 0. The largest absolute Gasteiger partial charge is 0.335 e. The molecule has 0 atom stereocenters. The number of rotatable bonds is 1. The second kappa shape index (κ2) is 5.66. The lowest BCUT2D eigenvalue weighted by Crippen LogP contribution is -2.50. The Bertz CT molecular complexity index is 291. The molecular weight excluding hydrogens is 250 g/mol. The molecule has 0 radical (unpaired) electrons. The number of hydrogen-bond acceptors (Lipinski definition) is 2. The van der Waals surface area contributed by atoms with Crippen LogP contribution < -0.4 is 10.6 Å². The fourth-order valence-corrected chi connectivity index (χ4v) is 3.13. The molecule has 2 heterocycles. The summed E-state index contributed by atoms with van der Waals surface area (Å²) in [5.41, 5.74) is 0.543. The highest BCUT2D eigenvalue weighted by molar-refractivity contribution is 5.85. The van der Waals surface area contributed by atoms with E-state index in [1.165, 1.54) is 38.5 Å². The van der Waals surface area contributed by atoms with Crippen LogP contribution in [0.1, 0.15) is 38.5 Å². The molecule has 0 aromatic heterocycles. The van der Waals surface area contributed by atoms with Crippen LogP contribution in [-0.4, -0.2) is 43.2 Å². The lowest BCUT2D eigenvalue weighted by atomic mass is 9.72. The first-order valence-electron chi connectivity index (χ1n) is 7.04. The van der Waals surface area contributed by atoms with Crippen LogP contribution in [0.5, 0.6) is 0 Å². The van der Waals surface area contributed by atoms with Crippen LogP contribution in [0.2, 0.25) is 0 Å². The lowest BCUT2D eigenvalue weighted by Gasteiger charge is -2.44. The number of halogens is 1. The van der Waals surface area contributed by atoms with Gasteiger partial charge in [0.2, 0.25) is 0 Å². The Morgan fingerprint density at radius 2 is 1.72 bits per heavy atom. The van der Waals surface area contributed by atoms with Gasteiger partial charge in [-0.15, -0.1) is 12.4 Å². The number of nitrogens with zero attached hydrogens (tertiary/aromatic N) is 1. The topological polar surface area (TPSA) is 44.4 Å². The SMILES string of the molecule is Cl.O=C(NC1CC1)N1CCC2(CCNCC2)CC1. The number of likely N-dealkylation sites (tertiary alicyclic amines) is 1. The number of hydrogen-bond donors (Lipinski definition) is 2. The Morgan fingerprint density at radius 1 is 1.11 bits per heavy atom. The van der Waals surface area contributed by atoms with Gasteiger partial charge in [0.25, 0.3) is 0 Å². The van der Waals surface area contributed by atoms with Crippen LogP contribution in [0, 0.1) is 5.41 Å². The van der Waals surface area contributed by atoms with Gasteiger partial charge < -0.3 is 15.5 Å². The molecule has 1 spiro atoms. The van der Waals surface area contributed by atoms with E-state index < -0.39 is 0 Å². The molecular formula is C13H24ClN3O. The van der Waals surface area contributed by atoms with E-state index in [-0.39, 0.29) is 18.4 Å². The van der Waals surface area contributed by atoms with Crippen molar-refractivity contribution in [3.63, 3.8) is 0 Å². The van der Waals surface area contributed by atoms with Gasteiger partial charge in [-0.1, -0.05) is 0 Å². The average Bonchev–Trinajstić information content (AvgIpc) is 3.15. The van der Waals surface area contributed by atoms with Crippen molar-refractivity contribution in [3.8, 4) is 0 Å². The molecule has 2 saturated heterocycles. The molecule has 2 aliphatic heterocycles. The number of nitrogens with one attached hydrogen (secondary N) is 2. The number of amides is 2. The number of urea groups is 1. The molecule has 2 amide bonds. The van der Waals surface area contributed by atoms with E-state index in [0.717, 1.165) is 26.2 Å². The third kappa shape index (κ3) is 3.09. The summed E-state index contributed by atoms with van der Waals surface area (Å²) in [6.07, 6.45) is 7.35. The van der Waals surface area contributed by atoms with Crippen molar-refractivity contribution in [1.82, 2.24) is 15.5 Å². The zero-order valence-corrected chi connectivity index (χ0v) is 11.7. The minimum atomic E-state index is 0. The maximum atomic E-state index is 11.9. The van der Waals surface area contributed by atoms with E-state index in [1.54, 1.807) is 0 Å². The first-order valence-corrected chi connectivity index (χ1v) is 7.04. The average molecular weight is 274 g/mol. The normalized spacial score (nSPS) is 26.6. The van der Waals surface area contributed by atoms with Gasteiger partial charge in [0.05, 0.1) is 0 Å². The van der Waals surface area contributed by atoms with E-state index in [4.69, 9.17) is 0 Å². The van der Waals surface area contributed by atoms with Gasteiger partial charge in [0, 0.05) is 19.1 Å². The molecule has 4 nitrogen and oxygen atoms in total. The summed E-state index contributed by atoms with van der Waals surface area (Å²) in [6.45, 7) is 4.24. The summed E-state index contributed by atoms with van der Waals surface area (Å²) >= 11 is 0. The standard InChI is InChI=1S/C13H23N3O.ClH/c17-12(15-11-1-2-11)16-9-5-13(6-10-16)3-7-14-8-4-13;/h11,14H,1-10H2,(H,15,17);1H. The van der Waals surface area contributed by atoms with Gasteiger partial charge in [0.15, 0.2) is 0 Å². The quantitative estimate of drug-likeness (QED) is 0.764. The van der Waals surface area contributed by atoms with Crippen LogP contribution in [-0.2, 0) is 0 Å². The maximum Gasteiger partial charge on any atom is 0.317 e. The second-order valence-corrected chi connectivity index (χ2v) is 5.96. The maximum absolute atomic E-state index is 11.9. The van der Waals surface area contributed by atoms with Gasteiger partial charge in [-0.2, -0.15) is 0 Å². The molecule has 1 aliphatic carbocycles. The highest BCUT2D eigenvalue weighted by Crippen LogP contribution is 2.39. The van der Waals surface area contributed by atoms with E-state index in [0.29, 0.717) is 11.5 Å². The van der Waals surface area contributed by atoms with Gasteiger partial charge in [-0.25, -0.2) is 4.79 Å². The molecule has 18 heavy (non-hydrogen) atoms. The van der Waals surface area contributed by atoms with Crippen molar-refractivity contribution in [2.75, 3.05) is 26.2 Å². The molecule has 0 aromatic carbocycles. The van der Waals surface area contributed by atoms with Crippen LogP contribution in [0.25, 0.3) is 0 Å². The molecule has 3 aliphatic rings. The van der Waals surface area contributed by atoms with E-state index in [9.17, 15) is 4.79 Å². The minimum absolute atomic E-state index is 0. The van der Waals surface area contributed by atoms with E-state index in [2.05, 4.69) is 10.6 Å². The predicted octanol–water partition coefficient (Wildman–Crippen LogP) is 1.75. The van der Waals surface area contributed by atoms with E-state index in [1.807, 2.05) is 4.90 Å². The zero-order chi connectivity index (χ0) is 11.7. The first-order chi connectivity index (χ1) is 8.27. The van der Waals surface area contributed by atoms with Crippen molar-refractivity contribution < 1.29 is 4.79 Å². The monoisotopic (exact) mass is 273 g/mol. The first kappa shape index (κ1) is 13.9. The molecule has 0 bridgehead atoms. The van der Waals surface area contributed by atoms with E-state index >= 15 is 0 Å². The number of piperidine rings is 2. The Hall–Kier alpha value is -0.480. The van der Waals surface area contributed by atoms with Crippen molar-refractivity contribution in [3.05, 3.63) is 0 Å². The molecule has 3 fully saturated rings. The Kier molecular flexibility index (Phi) is 4.38. The molecule has 2 N–H and O–H groups in total. The lowest BCUT2D eigenvalue weighted by molar-refractivity contribution is 0.0874. The van der Waals surface area contributed by atoms with Crippen LogP contribution in [0.4, 0.5) is 4.79 Å². The van der Waals surface area contributed by atoms with Gasteiger partial charge >= 0.3 is 6.03 Å². The van der Waals surface area contributed by atoms with Gasteiger partial charge in [-0.05, 0) is 57.0 Å². The molecule has 0 aromatic rings. The van der Waals surface area contributed by atoms with Crippen molar-refractivity contribution in [2.45, 2.75) is 44.6 Å². The van der Waals surface area contributed by atoms with Crippen LogP contribution in [0.15, 0.2) is 0 Å². The smallest absolute Gasteiger partial charge is 0.317 e. The zero-order valence-electron chi connectivity index (χ0n) is 10.9. The summed E-state index contributed by atoms with van der Waals surface area (Å²) in [6, 6.07) is 0.661. The van der Waals surface area contributed by atoms with Gasteiger partial charge in [0.1, 0.15) is 0 Å². The summed E-state index contributed by atoms with van der Waals surface area (Å²) < 4.78 is 0. The van der Waals surface area contributed by atoms with Gasteiger partial charge in [-0.3, -0.25) is 0 Å². The van der Waals surface area contributed by atoms with Crippen molar-refractivity contribution in [2.24, 2.45) is 5.41 Å². The Morgan fingerprint density at radius 3 is 2.28 bits per heavy atom. The fraction of sp³-hybridized carbons (Fsp3) is 0.923. The third-order valence-corrected chi connectivity index (χ3v) is 4.68. The van der Waals surface area contributed by atoms with Crippen molar-refractivity contribution >= 4 is 18.4 Å². The Balaban J connectivity index is 0.00000120. The third-order valence-electron chi connectivity index (χ3n) is 4.68. The summed E-state index contributed by atoms with van der Waals surface area (Å²) in [4.78, 5) is 13.9. The second-order valence-electron chi connectivity index (χ2n) is 5.96. The fourth-order valence-electron chi connectivity index (χ4n) is 3.13. The minimum Gasteiger partial charge on any atom is -0.335 e. The highest BCUT2D eigenvalue weighted by atomic mass is 35.5. The Labute approximate surface area is 115 Å². The molecule has 1 saturated carbocycles. The highest BCUT2D eigenvalue weighted by Gasteiger charge is 2.37. The van der Waals surface area contributed by atoms with Crippen LogP contribution >= 0.6 is 12.4 Å². The van der Waals surface area contributed by atoms with Crippen LogP contribution in [0.3, 0.4) is 0 Å².